The molecule has 0 fully saturated rings. The number of rotatable bonds is 3. The molecule has 0 aliphatic heterocycles. The highest BCUT2D eigenvalue weighted by molar-refractivity contribution is 5.92. The van der Waals surface area contributed by atoms with Crippen LogP contribution in [0.1, 0.15) is 15.9 Å². The maximum Gasteiger partial charge on any atom is 0.314 e. The predicted octanol–water partition coefficient (Wildman–Crippen LogP) is 0.214. The van der Waals surface area contributed by atoms with Crippen LogP contribution < -0.4 is 16.4 Å². The van der Waals surface area contributed by atoms with Crippen LogP contribution in [0.4, 0.5) is 4.79 Å². The number of urea groups is 1. The molecule has 3 amide bonds. The molecule has 15 heavy (non-hydrogen) atoms. The van der Waals surface area contributed by atoms with Gasteiger partial charge in [-0.25, -0.2) is 4.79 Å². The van der Waals surface area contributed by atoms with E-state index in [2.05, 4.69) is 10.6 Å². The minimum absolute atomic E-state index is 0.242. The Morgan fingerprint density at radius 2 is 1.87 bits per heavy atom. The second-order valence-corrected chi connectivity index (χ2v) is 2.99. The molecule has 0 aliphatic carbocycles. The number of hydrogen-bond donors (Lipinski definition) is 3. The zero-order valence-corrected chi connectivity index (χ0v) is 8.41. The van der Waals surface area contributed by atoms with Crippen LogP contribution in [0.5, 0.6) is 0 Å². The lowest BCUT2D eigenvalue weighted by atomic mass is 10.1. The summed E-state index contributed by atoms with van der Waals surface area (Å²) in [6.07, 6.45) is 0. The molecule has 4 N–H and O–H groups in total. The Bertz CT molecular complexity index is 359. The van der Waals surface area contributed by atoms with Gasteiger partial charge >= 0.3 is 6.03 Å². The SMILES string of the molecule is CNC(=O)NCc1ccc(C(N)=O)cc1. The summed E-state index contributed by atoms with van der Waals surface area (Å²) in [6, 6.07) is 6.51. The van der Waals surface area contributed by atoms with Crippen LogP contribution in [-0.2, 0) is 6.54 Å². The molecule has 0 bridgehead atoms. The number of hydrogen-bond acceptors (Lipinski definition) is 2. The van der Waals surface area contributed by atoms with E-state index in [1.165, 1.54) is 0 Å². The van der Waals surface area contributed by atoms with Crippen molar-refractivity contribution in [1.29, 1.82) is 0 Å². The molecule has 1 aromatic carbocycles. The van der Waals surface area contributed by atoms with Gasteiger partial charge in [-0.2, -0.15) is 0 Å². The lowest BCUT2D eigenvalue weighted by Gasteiger charge is -2.04. The van der Waals surface area contributed by atoms with Crippen LogP contribution in [0.25, 0.3) is 0 Å². The minimum Gasteiger partial charge on any atom is -0.366 e. The van der Waals surface area contributed by atoms with Crippen molar-refractivity contribution in [2.75, 3.05) is 7.05 Å². The van der Waals surface area contributed by atoms with E-state index in [-0.39, 0.29) is 6.03 Å². The van der Waals surface area contributed by atoms with Gasteiger partial charge in [0.1, 0.15) is 0 Å². The summed E-state index contributed by atoms with van der Waals surface area (Å²) in [6.45, 7) is 0.415. The summed E-state index contributed by atoms with van der Waals surface area (Å²) < 4.78 is 0. The van der Waals surface area contributed by atoms with E-state index in [0.717, 1.165) is 5.56 Å². The predicted molar refractivity (Wildman–Crippen MR) is 56.3 cm³/mol. The largest absolute Gasteiger partial charge is 0.366 e. The van der Waals surface area contributed by atoms with Crippen LogP contribution in [0.2, 0.25) is 0 Å². The molecule has 0 unspecified atom stereocenters. The van der Waals surface area contributed by atoms with Gasteiger partial charge in [0, 0.05) is 19.2 Å². The molecule has 0 spiro atoms. The van der Waals surface area contributed by atoms with Gasteiger partial charge in [-0.15, -0.1) is 0 Å². The Kier molecular flexibility index (Phi) is 3.68. The Balaban J connectivity index is 2.57. The van der Waals surface area contributed by atoms with Crippen LogP contribution in [0, 0.1) is 0 Å². The maximum absolute atomic E-state index is 10.9. The van der Waals surface area contributed by atoms with E-state index < -0.39 is 5.91 Å². The van der Waals surface area contributed by atoms with Gasteiger partial charge in [0.15, 0.2) is 0 Å². The summed E-state index contributed by atoms with van der Waals surface area (Å²) in [5.41, 5.74) is 6.45. The van der Waals surface area contributed by atoms with Gasteiger partial charge in [0.05, 0.1) is 0 Å². The van der Waals surface area contributed by atoms with Crippen molar-refractivity contribution >= 4 is 11.9 Å². The van der Waals surface area contributed by atoms with Crippen molar-refractivity contribution < 1.29 is 9.59 Å². The molecule has 5 nitrogen and oxygen atoms in total. The molecular weight excluding hydrogens is 194 g/mol. The molecule has 0 saturated heterocycles. The zero-order valence-electron chi connectivity index (χ0n) is 8.41. The van der Waals surface area contributed by atoms with Crippen molar-refractivity contribution in [3.8, 4) is 0 Å². The van der Waals surface area contributed by atoms with Gasteiger partial charge in [0.25, 0.3) is 0 Å². The summed E-state index contributed by atoms with van der Waals surface area (Å²) >= 11 is 0. The normalized spacial score (nSPS) is 9.40. The van der Waals surface area contributed by atoms with Crippen LogP contribution in [0.3, 0.4) is 0 Å². The van der Waals surface area contributed by atoms with Gasteiger partial charge in [-0.3, -0.25) is 4.79 Å². The molecule has 0 atom stereocenters. The third-order valence-corrected chi connectivity index (χ3v) is 1.92. The van der Waals surface area contributed by atoms with Gasteiger partial charge in [0.2, 0.25) is 5.91 Å². The molecule has 0 aromatic heterocycles. The molecule has 1 aromatic rings. The van der Waals surface area contributed by atoms with Crippen molar-refractivity contribution in [1.82, 2.24) is 10.6 Å². The number of nitrogens with one attached hydrogen (secondary N) is 2. The first-order valence-corrected chi connectivity index (χ1v) is 4.48. The van der Waals surface area contributed by atoms with E-state index in [1.54, 1.807) is 31.3 Å². The highest BCUT2D eigenvalue weighted by atomic mass is 16.2. The van der Waals surface area contributed by atoms with Crippen molar-refractivity contribution in [3.05, 3.63) is 35.4 Å². The summed E-state index contributed by atoms with van der Waals surface area (Å²) in [5.74, 6) is -0.458. The maximum atomic E-state index is 10.9. The number of nitrogens with two attached hydrogens (primary N) is 1. The zero-order chi connectivity index (χ0) is 11.3. The fourth-order valence-corrected chi connectivity index (χ4v) is 1.06. The second kappa shape index (κ2) is 4.99. The van der Waals surface area contributed by atoms with Crippen LogP contribution in [-0.4, -0.2) is 19.0 Å². The molecular formula is C10H13N3O2. The number of carbonyl (C=O) groups excluding carboxylic acids is 2. The van der Waals surface area contributed by atoms with Crippen molar-refractivity contribution in [2.24, 2.45) is 5.73 Å². The molecule has 0 saturated carbocycles. The van der Waals surface area contributed by atoms with Crippen molar-refractivity contribution in [2.45, 2.75) is 6.54 Å². The van der Waals surface area contributed by atoms with E-state index in [4.69, 9.17) is 5.73 Å². The number of carbonyl (C=O) groups is 2. The van der Waals surface area contributed by atoms with Gasteiger partial charge < -0.3 is 16.4 Å². The highest BCUT2D eigenvalue weighted by Crippen LogP contribution is 2.03. The Morgan fingerprint density at radius 1 is 1.27 bits per heavy atom. The fraction of sp³-hybridized carbons (Fsp3) is 0.200. The molecule has 5 heteroatoms. The number of benzene rings is 1. The smallest absolute Gasteiger partial charge is 0.314 e. The van der Waals surface area contributed by atoms with Crippen LogP contribution >= 0.6 is 0 Å². The molecule has 0 heterocycles. The topological polar surface area (TPSA) is 84.2 Å². The van der Waals surface area contributed by atoms with E-state index >= 15 is 0 Å². The average molecular weight is 207 g/mol. The fourth-order valence-electron chi connectivity index (χ4n) is 1.06. The Labute approximate surface area is 87.7 Å². The Morgan fingerprint density at radius 3 is 2.33 bits per heavy atom. The number of primary amides is 1. The summed E-state index contributed by atoms with van der Waals surface area (Å²) in [7, 11) is 1.55. The molecule has 1 rings (SSSR count). The third-order valence-electron chi connectivity index (χ3n) is 1.92. The molecule has 80 valence electrons. The van der Waals surface area contributed by atoms with Gasteiger partial charge in [-0.05, 0) is 17.7 Å². The van der Waals surface area contributed by atoms with E-state index in [1.807, 2.05) is 0 Å². The van der Waals surface area contributed by atoms with Gasteiger partial charge in [-0.1, -0.05) is 12.1 Å². The molecule has 0 radical (unpaired) electrons. The standard InChI is InChI=1S/C10H13N3O2/c1-12-10(15)13-6-7-2-4-8(5-3-7)9(11)14/h2-5H,6H2,1H3,(H2,11,14)(H2,12,13,15). The number of amides is 3. The quantitative estimate of drug-likeness (QED) is 0.662. The first kappa shape index (κ1) is 11.0. The van der Waals surface area contributed by atoms with E-state index in [9.17, 15) is 9.59 Å². The summed E-state index contributed by atoms with van der Waals surface area (Å²) in [5, 5.41) is 5.07. The first-order chi connectivity index (χ1) is 7.13. The minimum atomic E-state index is -0.458. The highest BCUT2D eigenvalue weighted by Gasteiger charge is 2.00. The summed E-state index contributed by atoms with van der Waals surface area (Å²) in [4.78, 5) is 21.6. The molecule has 0 aliphatic rings. The average Bonchev–Trinajstić information content (AvgIpc) is 2.26. The third kappa shape index (κ3) is 3.30. The van der Waals surface area contributed by atoms with E-state index in [0.29, 0.717) is 12.1 Å². The lowest BCUT2D eigenvalue weighted by molar-refractivity contribution is 0.1000. The Hall–Kier alpha value is -2.04. The second-order valence-electron chi connectivity index (χ2n) is 2.99. The lowest BCUT2D eigenvalue weighted by Crippen LogP contribution is -2.32. The monoisotopic (exact) mass is 207 g/mol. The first-order valence-electron chi connectivity index (χ1n) is 4.48. The van der Waals surface area contributed by atoms with Crippen LogP contribution in [0.15, 0.2) is 24.3 Å². The van der Waals surface area contributed by atoms with Crippen molar-refractivity contribution in [3.63, 3.8) is 0 Å².